The van der Waals surface area contributed by atoms with Crippen molar-refractivity contribution in [2.75, 3.05) is 19.6 Å². The normalized spacial score (nSPS) is 10.7. The van der Waals surface area contributed by atoms with Crippen LogP contribution in [0.25, 0.3) is 5.70 Å². The second kappa shape index (κ2) is 8.42. The fraction of sp³-hybridized carbons (Fsp3) is 0.333. The molecule has 0 saturated carbocycles. The summed E-state index contributed by atoms with van der Waals surface area (Å²) in [6.07, 6.45) is 1.29. The Balaban J connectivity index is 3.14. The molecule has 0 aliphatic heterocycles. The molecule has 0 unspecified atom stereocenters. The van der Waals surface area contributed by atoms with Crippen LogP contribution < -0.4 is 5.32 Å². The molecule has 0 aliphatic carbocycles. The molecular formula is C15H18N4O3. The molecule has 0 fully saturated rings. The number of non-ortho nitro benzene ring substituents is 1. The summed E-state index contributed by atoms with van der Waals surface area (Å²) < 4.78 is 0. The molecule has 0 aliphatic rings. The maximum absolute atomic E-state index is 11.8. The largest absolute Gasteiger partial charge is 0.361 e. The molecule has 7 nitrogen and oxygen atoms in total. The Morgan fingerprint density at radius 1 is 1.50 bits per heavy atom. The summed E-state index contributed by atoms with van der Waals surface area (Å²) in [6, 6.07) is 7.94. The molecule has 0 atom stereocenters. The van der Waals surface area contributed by atoms with Crippen molar-refractivity contribution in [2.24, 2.45) is 0 Å². The first-order chi connectivity index (χ1) is 10.5. The Kier molecular flexibility index (Phi) is 6.57. The molecule has 0 heterocycles. The van der Waals surface area contributed by atoms with Gasteiger partial charge in [-0.3, -0.25) is 14.9 Å². The van der Waals surface area contributed by atoms with Crippen molar-refractivity contribution in [1.82, 2.24) is 10.2 Å². The topological polar surface area (TPSA) is 99.3 Å². The van der Waals surface area contributed by atoms with E-state index in [2.05, 4.69) is 5.32 Å². The second-order valence-corrected chi connectivity index (χ2v) is 4.43. The minimum atomic E-state index is -0.492. The monoisotopic (exact) mass is 302 g/mol. The van der Waals surface area contributed by atoms with E-state index >= 15 is 0 Å². The van der Waals surface area contributed by atoms with Gasteiger partial charge in [0.05, 0.1) is 23.2 Å². The van der Waals surface area contributed by atoms with E-state index in [0.29, 0.717) is 24.4 Å². The third-order valence-corrected chi connectivity index (χ3v) is 2.98. The molecule has 7 heteroatoms. The van der Waals surface area contributed by atoms with Gasteiger partial charge in [0.25, 0.3) is 5.69 Å². The maximum atomic E-state index is 11.8. The Hall–Kier alpha value is -2.88. The number of amides is 1. The fourth-order valence-corrected chi connectivity index (χ4v) is 1.99. The molecule has 1 amide bonds. The third kappa shape index (κ3) is 4.59. The first kappa shape index (κ1) is 17.2. The summed E-state index contributed by atoms with van der Waals surface area (Å²) in [5, 5.41) is 22.5. The van der Waals surface area contributed by atoms with Gasteiger partial charge >= 0.3 is 0 Å². The first-order valence-corrected chi connectivity index (χ1v) is 6.89. The smallest absolute Gasteiger partial charge is 0.270 e. The van der Waals surface area contributed by atoms with E-state index in [1.807, 2.05) is 19.9 Å². The van der Waals surface area contributed by atoms with Crippen LogP contribution in [0, 0.1) is 21.4 Å². The molecule has 1 aromatic rings. The van der Waals surface area contributed by atoms with E-state index < -0.39 is 4.92 Å². The number of allylic oxidation sites excluding steroid dienone is 1. The molecular weight excluding hydrogens is 284 g/mol. The molecule has 0 spiro atoms. The van der Waals surface area contributed by atoms with Crippen LogP contribution in [0.2, 0.25) is 0 Å². The molecule has 1 rings (SSSR count). The molecule has 0 aromatic heterocycles. The van der Waals surface area contributed by atoms with Crippen molar-refractivity contribution in [3.8, 4) is 6.07 Å². The summed E-state index contributed by atoms with van der Waals surface area (Å²) in [5.41, 5.74) is 0.956. The number of nitrogens with zero attached hydrogens (tertiary/aromatic N) is 3. The lowest BCUT2D eigenvalue weighted by molar-refractivity contribution is -0.384. The van der Waals surface area contributed by atoms with Crippen molar-refractivity contribution < 1.29 is 9.72 Å². The van der Waals surface area contributed by atoms with E-state index in [0.717, 1.165) is 0 Å². The third-order valence-electron chi connectivity index (χ3n) is 2.98. The number of nitrogens with one attached hydrogen (secondary N) is 1. The van der Waals surface area contributed by atoms with Gasteiger partial charge < -0.3 is 10.2 Å². The number of benzene rings is 1. The maximum Gasteiger partial charge on any atom is 0.270 e. The van der Waals surface area contributed by atoms with Crippen LogP contribution in [0.1, 0.15) is 19.4 Å². The number of nitro benzene ring substituents is 1. The lowest BCUT2D eigenvalue weighted by Crippen LogP contribution is -2.36. The van der Waals surface area contributed by atoms with Gasteiger partial charge in [0.15, 0.2) is 0 Å². The highest BCUT2D eigenvalue weighted by Gasteiger charge is 2.16. The molecule has 1 N–H and O–H groups in total. The highest BCUT2D eigenvalue weighted by atomic mass is 16.6. The molecule has 116 valence electrons. The minimum absolute atomic E-state index is 0.0598. The van der Waals surface area contributed by atoms with Gasteiger partial charge in [-0.2, -0.15) is 5.26 Å². The van der Waals surface area contributed by atoms with E-state index in [1.54, 1.807) is 17.0 Å². The lowest BCUT2D eigenvalue weighted by Gasteiger charge is -2.25. The average Bonchev–Trinajstić information content (AvgIpc) is 2.51. The SMILES string of the molecule is CCNC(=O)CN(CC)/C(=C/C#N)c1cccc([N+](=O)[O-])c1. The van der Waals surface area contributed by atoms with Crippen LogP contribution in [-0.2, 0) is 4.79 Å². The lowest BCUT2D eigenvalue weighted by atomic mass is 10.1. The number of carbonyl (C=O) groups excluding carboxylic acids is 1. The van der Waals surface area contributed by atoms with Crippen molar-refractivity contribution in [3.05, 3.63) is 46.0 Å². The standard InChI is InChI=1S/C15H18N4O3/c1-3-17-15(20)11-18(4-2)14(8-9-16)12-6-5-7-13(10-12)19(21)22/h5-8,10H,3-4,11H2,1-2H3,(H,17,20)/b14-8+. The number of likely N-dealkylation sites (N-methyl/N-ethyl adjacent to an activating group) is 2. The number of nitro groups is 1. The predicted molar refractivity (Wildman–Crippen MR) is 82.6 cm³/mol. The van der Waals surface area contributed by atoms with Gasteiger partial charge in [0.2, 0.25) is 5.91 Å². The molecule has 22 heavy (non-hydrogen) atoms. The zero-order valence-corrected chi connectivity index (χ0v) is 12.6. The van der Waals surface area contributed by atoms with Crippen molar-refractivity contribution in [3.63, 3.8) is 0 Å². The number of carbonyl (C=O) groups is 1. The quantitative estimate of drug-likeness (QED) is 0.471. The Morgan fingerprint density at radius 2 is 2.23 bits per heavy atom. The minimum Gasteiger partial charge on any atom is -0.361 e. The Morgan fingerprint density at radius 3 is 2.77 bits per heavy atom. The summed E-state index contributed by atoms with van der Waals surface area (Å²) in [4.78, 5) is 23.8. The Labute approximate surface area is 129 Å². The predicted octanol–water partition coefficient (Wildman–Crippen LogP) is 1.92. The highest BCUT2D eigenvalue weighted by molar-refractivity contribution is 5.80. The molecule has 0 radical (unpaired) electrons. The fourth-order valence-electron chi connectivity index (χ4n) is 1.99. The van der Waals surface area contributed by atoms with Crippen molar-refractivity contribution >= 4 is 17.3 Å². The number of nitriles is 1. The van der Waals surface area contributed by atoms with E-state index in [4.69, 9.17) is 5.26 Å². The zero-order valence-electron chi connectivity index (χ0n) is 12.6. The number of hydrogen-bond donors (Lipinski definition) is 1. The summed E-state index contributed by atoms with van der Waals surface area (Å²) in [5.74, 6) is -0.168. The van der Waals surface area contributed by atoms with Crippen LogP contribution in [0.5, 0.6) is 0 Å². The van der Waals surface area contributed by atoms with Crippen LogP contribution in [-0.4, -0.2) is 35.4 Å². The number of rotatable bonds is 7. The summed E-state index contributed by atoms with van der Waals surface area (Å²) >= 11 is 0. The van der Waals surface area contributed by atoms with Crippen LogP contribution in [0.4, 0.5) is 5.69 Å². The van der Waals surface area contributed by atoms with Crippen molar-refractivity contribution in [1.29, 1.82) is 5.26 Å². The van der Waals surface area contributed by atoms with Gasteiger partial charge in [-0.15, -0.1) is 0 Å². The van der Waals surface area contributed by atoms with Gasteiger partial charge in [-0.25, -0.2) is 0 Å². The van der Waals surface area contributed by atoms with Gasteiger partial charge in [-0.1, -0.05) is 12.1 Å². The van der Waals surface area contributed by atoms with Crippen LogP contribution in [0.15, 0.2) is 30.3 Å². The highest BCUT2D eigenvalue weighted by Crippen LogP contribution is 2.23. The molecule has 0 saturated heterocycles. The Bertz CT molecular complexity index is 619. The molecule has 0 bridgehead atoms. The van der Waals surface area contributed by atoms with Crippen molar-refractivity contribution in [2.45, 2.75) is 13.8 Å². The van der Waals surface area contributed by atoms with E-state index in [9.17, 15) is 14.9 Å². The number of hydrogen-bond acceptors (Lipinski definition) is 5. The first-order valence-electron chi connectivity index (χ1n) is 6.89. The van der Waals surface area contributed by atoms with Crippen LogP contribution >= 0.6 is 0 Å². The van der Waals surface area contributed by atoms with Crippen LogP contribution in [0.3, 0.4) is 0 Å². The summed E-state index contributed by atoms with van der Waals surface area (Å²) in [6.45, 7) is 4.76. The van der Waals surface area contributed by atoms with E-state index in [-0.39, 0.29) is 18.1 Å². The van der Waals surface area contributed by atoms with E-state index in [1.165, 1.54) is 18.2 Å². The van der Waals surface area contributed by atoms with Gasteiger partial charge in [0, 0.05) is 36.9 Å². The average molecular weight is 302 g/mol. The molecule has 1 aromatic carbocycles. The van der Waals surface area contributed by atoms with Gasteiger partial charge in [0.1, 0.15) is 0 Å². The zero-order chi connectivity index (χ0) is 16.5. The second-order valence-electron chi connectivity index (χ2n) is 4.43. The summed E-state index contributed by atoms with van der Waals surface area (Å²) in [7, 11) is 0. The van der Waals surface area contributed by atoms with Gasteiger partial charge in [-0.05, 0) is 13.8 Å².